The van der Waals surface area contributed by atoms with Crippen molar-refractivity contribution in [3.05, 3.63) is 56.8 Å². The Morgan fingerprint density at radius 3 is 2.76 bits per heavy atom. The quantitative estimate of drug-likeness (QED) is 0.332. The molecule has 0 fully saturated rings. The van der Waals surface area contributed by atoms with Crippen molar-refractivity contribution < 1.29 is 5.21 Å². The molecule has 0 amide bonds. The zero-order valence-electron chi connectivity index (χ0n) is 12.4. The molecule has 0 radical (unpaired) electrons. The van der Waals surface area contributed by atoms with Crippen LogP contribution in [0, 0.1) is 6.92 Å². The summed E-state index contributed by atoms with van der Waals surface area (Å²) in [5.41, 5.74) is 10.1. The lowest BCUT2D eigenvalue weighted by Gasteiger charge is -2.09. The molecule has 0 aliphatic rings. The van der Waals surface area contributed by atoms with Gasteiger partial charge in [0.2, 0.25) is 0 Å². The summed E-state index contributed by atoms with van der Waals surface area (Å²) in [7, 11) is 0. The van der Waals surface area contributed by atoms with Gasteiger partial charge in [0.05, 0.1) is 0 Å². The molecule has 1 heterocycles. The molecule has 1 aromatic carbocycles. The first kappa shape index (κ1) is 15.5. The number of nitrogens with two attached hydrogens (primary N) is 1. The highest BCUT2D eigenvalue weighted by Gasteiger charge is 2.05. The van der Waals surface area contributed by atoms with Gasteiger partial charge in [-0.25, -0.2) is 0 Å². The first-order valence-corrected chi connectivity index (χ1v) is 7.87. The molecule has 0 spiro atoms. The standard InChI is InChI=1S/C16H21N3OS/c1-3-12-6-7-21-15(12)10-18-9-14-5-4-13(8-11(14)2)16(17)19-20/h4-8,18,20H,3,9-10H2,1-2H3,(H2,17,19). The Bertz CT molecular complexity index is 634. The number of thiophene rings is 1. The second-order valence-corrected chi connectivity index (χ2v) is 5.95. The van der Waals surface area contributed by atoms with Crippen LogP contribution in [0.15, 0.2) is 34.8 Å². The van der Waals surface area contributed by atoms with Crippen molar-refractivity contribution in [3.63, 3.8) is 0 Å². The summed E-state index contributed by atoms with van der Waals surface area (Å²) in [4.78, 5) is 1.41. The molecule has 0 saturated heterocycles. The molecular formula is C16H21N3OS. The number of aryl methyl sites for hydroxylation is 2. The number of nitrogens with zero attached hydrogens (tertiary/aromatic N) is 1. The van der Waals surface area contributed by atoms with Crippen molar-refractivity contribution in [1.82, 2.24) is 5.32 Å². The number of hydrogen-bond acceptors (Lipinski definition) is 4. The van der Waals surface area contributed by atoms with Crippen LogP contribution in [-0.2, 0) is 19.5 Å². The Morgan fingerprint density at radius 1 is 1.29 bits per heavy atom. The zero-order chi connectivity index (χ0) is 15.2. The maximum atomic E-state index is 8.70. The summed E-state index contributed by atoms with van der Waals surface area (Å²) in [6.07, 6.45) is 1.08. The smallest absolute Gasteiger partial charge is 0.170 e. The number of rotatable bonds is 6. The van der Waals surface area contributed by atoms with Gasteiger partial charge in [0.15, 0.2) is 5.84 Å². The van der Waals surface area contributed by atoms with Crippen LogP contribution >= 0.6 is 11.3 Å². The van der Waals surface area contributed by atoms with E-state index in [0.29, 0.717) is 0 Å². The van der Waals surface area contributed by atoms with Crippen LogP contribution in [0.2, 0.25) is 0 Å². The Kier molecular flexibility index (Phi) is 5.36. The van der Waals surface area contributed by atoms with E-state index in [4.69, 9.17) is 10.9 Å². The number of nitrogens with one attached hydrogen (secondary N) is 1. The fourth-order valence-corrected chi connectivity index (χ4v) is 3.20. The largest absolute Gasteiger partial charge is 0.409 e. The van der Waals surface area contributed by atoms with Gasteiger partial charge in [-0.2, -0.15) is 0 Å². The van der Waals surface area contributed by atoms with E-state index in [0.717, 1.165) is 30.6 Å². The first-order chi connectivity index (χ1) is 10.2. The molecular weight excluding hydrogens is 282 g/mol. The summed E-state index contributed by atoms with van der Waals surface area (Å²) >= 11 is 1.80. The van der Waals surface area contributed by atoms with Crippen molar-refractivity contribution in [2.24, 2.45) is 10.9 Å². The molecule has 1 aromatic heterocycles. The average Bonchev–Trinajstić information content (AvgIpc) is 2.95. The molecule has 5 heteroatoms. The van der Waals surface area contributed by atoms with Crippen LogP contribution < -0.4 is 11.1 Å². The van der Waals surface area contributed by atoms with E-state index in [1.807, 2.05) is 25.1 Å². The first-order valence-electron chi connectivity index (χ1n) is 6.99. The van der Waals surface area contributed by atoms with Gasteiger partial charge in [0.1, 0.15) is 0 Å². The highest BCUT2D eigenvalue weighted by Crippen LogP contribution is 2.17. The topological polar surface area (TPSA) is 70.6 Å². The van der Waals surface area contributed by atoms with E-state index in [-0.39, 0.29) is 5.84 Å². The predicted molar refractivity (Wildman–Crippen MR) is 87.9 cm³/mol. The number of benzene rings is 1. The number of amidine groups is 1. The van der Waals surface area contributed by atoms with Gasteiger partial charge in [-0.1, -0.05) is 24.2 Å². The summed E-state index contributed by atoms with van der Waals surface area (Å²) < 4.78 is 0. The molecule has 0 aliphatic carbocycles. The van der Waals surface area contributed by atoms with Crippen molar-refractivity contribution in [1.29, 1.82) is 0 Å². The molecule has 112 valence electrons. The minimum atomic E-state index is 0.142. The lowest BCUT2D eigenvalue weighted by atomic mass is 10.0. The van der Waals surface area contributed by atoms with Crippen LogP contribution in [0.25, 0.3) is 0 Å². The minimum absolute atomic E-state index is 0.142. The molecule has 0 saturated carbocycles. The van der Waals surface area contributed by atoms with E-state index in [1.54, 1.807) is 11.3 Å². The summed E-state index contributed by atoms with van der Waals surface area (Å²) in [6.45, 7) is 5.92. The Morgan fingerprint density at radius 2 is 2.10 bits per heavy atom. The van der Waals surface area contributed by atoms with Crippen LogP contribution in [0.4, 0.5) is 0 Å². The molecule has 4 nitrogen and oxygen atoms in total. The summed E-state index contributed by atoms with van der Waals surface area (Å²) in [5.74, 6) is 0.142. The molecule has 0 bridgehead atoms. The van der Waals surface area contributed by atoms with Crippen molar-refractivity contribution >= 4 is 17.2 Å². The third-order valence-electron chi connectivity index (χ3n) is 3.57. The van der Waals surface area contributed by atoms with Crippen molar-refractivity contribution in [2.45, 2.75) is 33.4 Å². The Hall–Kier alpha value is -1.85. The van der Waals surface area contributed by atoms with E-state index in [9.17, 15) is 0 Å². The lowest BCUT2D eigenvalue weighted by molar-refractivity contribution is 0.318. The molecule has 0 atom stereocenters. The highest BCUT2D eigenvalue weighted by atomic mass is 32.1. The van der Waals surface area contributed by atoms with Gasteiger partial charge in [0, 0.05) is 23.5 Å². The fourth-order valence-electron chi connectivity index (χ4n) is 2.26. The number of oxime groups is 1. The molecule has 2 aromatic rings. The van der Waals surface area contributed by atoms with Gasteiger partial charge >= 0.3 is 0 Å². The molecule has 0 aliphatic heterocycles. The van der Waals surface area contributed by atoms with E-state index >= 15 is 0 Å². The van der Waals surface area contributed by atoms with Crippen LogP contribution in [-0.4, -0.2) is 11.0 Å². The SMILES string of the molecule is CCc1ccsc1CNCc1ccc(/C(N)=N/O)cc1C. The fraction of sp³-hybridized carbons (Fsp3) is 0.312. The molecule has 2 rings (SSSR count). The average molecular weight is 303 g/mol. The maximum Gasteiger partial charge on any atom is 0.170 e. The Balaban J connectivity index is 1.98. The van der Waals surface area contributed by atoms with E-state index in [1.165, 1.54) is 16.0 Å². The van der Waals surface area contributed by atoms with E-state index < -0.39 is 0 Å². The minimum Gasteiger partial charge on any atom is -0.409 e. The van der Waals surface area contributed by atoms with Gasteiger partial charge in [0.25, 0.3) is 0 Å². The van der Waals surface area contributed by atoms with Gasteiger partial charge < -0.3 is 16.3 Å². The molecule has 0 unspecified atom stereocenters. The summed E-state index contributed by atoms with van der Waals surface area (Å²) in [5, 5.41) is 17.3. The van der Waals surface area contributed by atoms with Crippen LogP contribution in [0.5, 0.6) is 0 Å². The monoisotopic (exact) mass is 303 g/mol. The predicted octanol–water partition coefficient (Wildman–Crippen LogP) is 3.00. The number of hydrogen-bond donors (Lipinski definition) is 3. The highest BCUT2D eigenvalue weighted by molar-refractivity contribution is 7.10. The molecule has 21 heavy (non-hydrogen) atoms. The second kappa shape index (κ2) is 7.24. The third-order valence-corrected chi connectivity index (χ3v) is 4.53. The van der Waals surface area contributed by atoms with E-state index in [2.05, 4.69) is 28.8 Å². The molecule has 4 N–H and O–H groups in total. The van der Waals surface area contributed by atoms with Gasteiger partial charge in [-0.3, -0.25) is 0 Å². The lowest BCUT2D eigenvalue weighted by Crippen LogP contribution is -2.16. The third kappa shape index (κ3) is 3.83. The van der Waals surface area contributed by atoms with Gasteiger partial charge in [-0.05, 0) is 47.5 Å². The van der Waals surface area contributed by atoms with Crippen molar-refractivity contribution in [3.8, 4) is 0 Å². The van der Waals surface area contributed by atoms with Crippen LogP contribution in [0.3, 0.4) is 0 Å². The van der Waals surface area contributed by atoms with Crippen molar-refractivity contribution in [2.75, 3.05) is 0 Å². The second-order valence-electron chi connectivity index (χ2n) is 4.95. The Labute approximate surface area is 129 Å². The normalized spacial score (nSPS) is 11.8. The zero-order valence-corrected chi connectivity index (χ0v) is 13.2. The maximum absolute atomic E-state index is 8.70. The van der Waals surface area contributed by atoms with Crippen LogP contribution in [0.1, 0.15) is 34.1 Å². The summed E-state index contributed by atoms with van der Waals surface area (Å²) in [6, 6.07) is 8.03. The van der Waals surface area contributed by atoms with Gasteiger partial charge in [-0.15, -0.1) is 11.3 Å².